The van der Waals surface area contributed by atoms with Crippen molar-refractivity contribution in [2.75, 3.05) is 0 Å². The minimum absolute atomic E-state index is 0.231. The van der Waals surface area contributed by atoms with Gasteiger partial charge < -0.3 is 5.11 Å². The molecule has 1 rings (SSSR count). The summed E-state index contributed by atoms with van der Waals surface area (Å²) >= 11 is 0. The summed E-state index contributed by atoms with van der Waals surface area (Å²) in [7, 11) is 0. The average Bonchev–Trinajstić information content (AvgIpc) is 2.50. The van der Waals surface area contributed by atoms with Crippen LogP contribution < -0.4 is 0 Å². The summed E-state index contributed by atoms with van der Waals surface area (Å²) in [4.78, 5) is 0. The fraction of sp³-hybridized carbons (Fsp3) is 0.700. The van der Waals surface area contributed by atoms with Crippen molar-refractivity contribution in [2.45, 2.75) is 39.8 Å². The topological polar surface area (TPSA) is 38.1 Å². The molecule has 0 bridgehead atoms. The molecule has 0 aliphatic heterocycles. The maximum absolute atomic E-state index is 9.86. The Hall–Kier alpha value is -0.830. The summed E-state index contributed by atoms with van der Waals surface area (Å²) in [5.74, 6) is 0.231. The van der Waals surface area contributed by atoms with Gasteiger partial charge in [-0.25, -0.2) is 0 Å². The first-order valence-electron chi connectivity index (χ1n) is 4.75. The second kappa shape index (κ2) is 3.92. The second-order valence-corrected chi connectivity index (χ2v) is 3.98. The zero-order chi connectivity index (χ0) is 10.0. The van der Waals surface area contributed by atoms with E-state index in [1.54, 1.807) is 6.20 Å². The summed E-state index contributed by atoms with van der Waals surface area (Å²) < 4.78 is 1.87. The highest BCUT2D eigenvalue weighted by Gasteiger charge is 2.17. The highest BCUT2D eigenvalue weighted by molar-refractivity contribution is 5.06. The van der Waals surface area contributed by atoms with Gasteiger partial charge in [0.1, 0.15) is 0 Å². The molecule has 0 spiro atoms. The number of nitrogens with zero attached hydrogens (tertiary/aromatic N) is 2. The predicted octanol–water partition coefficient (Wildman–Crippen LogP) is 2.15. The van der Waals surface area contributed by atoms with Crippen LogP contribution in [0.5, 0.6) is 0 Å². The Bertz CT molecular complexity index is 266. The Balaban J connectivity index is 2.93. The maximum Gasteiger partial charge on any atom is 0.0979 e. The molecule has 0 radical (unpaired) electrons. The molecule has 1 aromatic heterocycles. The molecule has 0 fully saturated rings. The van der Waals surface area contributed by atoms with E-state index in [0.29, 0.717) is 6.04 Å². The van der Waals surface area contributed by atoms with E-state index in [0.717, 1.165) is 5.69 Å². The molecule has 1 N–H and O–H groups in total. The van der Waals surface area contributed by atoms with Crippen LogP contribution in [0.15, 0.2) is 12.3 Å². The molecule has 13 heavy (non-hydrogen) atoms. The molecule has 1 aromatic rings. The standard InChI is InChI=1S/C10H18N2O/c1-7(2)10(13)9-5-6-11-12(9)8(3)4/h5-8,10,13H,1-4H3. The Kier molecular flexibility index (Phi) is 3.09. The molecule has 0 saturated heterocycles. The molecule has 0 aliphatic rings. The molecule has 1 atom stereocenters. The lowest BCUT2D eigenvalue weighted by Gasteiger charge is -2.18. The molecule has 0 aromatic carbocycles. The summed E-state index contributed by atoms with van der Waals surface area (Å²) in [5.41, 5.74) is 0.907. The van der Waals surface area contributed by atoms with E-state index in [1.165, 1.54) is 0 Å². The van der Waals surface area contributed by atoms with Crippen LogP contribution in [-0.4, -0.2) is 14.9 Å². The van der Waals surface area contributed by atoms with Crippen molar-refractivity contribution in [3.8, 4) is 0 Å². The molecular formula is C10H18N2O. The highest BCUT2D eigenvalue weighted by atomic mass is 16.3. The Labute approximate surface area is 79.4 Å². The molecule has 3 nitrogen and oxygen atoms in total. The first-order valence-corrected chi connectivity index (χ1v) is 4.75. The van der Waals surface area contributed by atoms with Crippen LogP contribution in [0, 0.1) is 5.92 Å². The fourth-order valence-corrected chi connectivity index (χ4v) is 1.33. The Morgan fingerprint density at radius 3 is 2.38 bits per heavy atom. The van der Waals surface area contributed by atoms with E-state index in [9.17, 15) is 5.11 Å². The Morgan fingerprint density at radius 1 is 1.31 bits per heavy atom. The molecule has 1 heterocycles. The van der Waals surface area contributed by atoms with Crippen molar-refractivity contribution in [3.05, 3.63) is 18.0 Å². The SMILES string of the molecule is CC(C)C(O)c1ccnn1C(C)C. The van der Waals surface area contributed by atoms with Gasteiger partial charge in [0.2, 0.25) is 0 Å². The molecule has 3 heteroatoms. The monoisotopic (exact) mass is 182 g/mol. The minimum atomic E-state index is -0.412. The third-order valence-electron chi connectivity index (χ3n) is 2.12. The number of aromatic nitrogens is 2. The normalized spacial score (nSPS) is 14.1. The minimum Gasteiger partial charge on any atom is -0.387 e. The van der Waals surface area contributed by atoms with Crippen LogP contribution in [0.2, 0.25) is 0 Å². The molecule has 74 valence electrons. The molecule has 0 amide bonds. The third kappa shape index (κ3) is 2.10. The van der Waals surface area contributed by atoms with Crippen LogP contribution in [0.3, 0.4) is 0 Å². The highest BCUT2D eigenvalue weighted by Crippen LogP contribution is 2.22. The van der Waals surface area contributed by atoms with Crippen LogP contribution in [0.4, 0.5) is 0 Å². The van der Waals surface area contributed by atoms with Crippen LogP contribution in [-0.2, 0) is 0 Å². The third-order valence-corrected chi connectivity index (χ3v) is 2.12. The van der Waals surface area contributed by atoms with Gasteiger partial charge >= 0.3 is 0 Å². The van der Waals surface area contributed by atoms with E-state index in [2.05, 4.69) is 18.9 Å². The number of aliphatic hydroxyl groups excluding tert-OH is 1. The zero-order valence-electron chi connectivity index (χ0n) is 8.73. The van der Waals surface area contributed by atoms with Gasteiger partial charge in [0, 0.05) is 12.2 Å². The largest absolute Gasteiger partial charge is 0.387 e. The van der Waals surface area contributed by atoms with E-state index in [1.807, 2.05) is 24.6 Å². The van der Waals surface area contributed by atoms with Gasteiger partial charge in [-0.3, -0.25) is 4.68 Å². The number of hydrogen-bond acceptors (Lipinski definition) is 2. The molecule has 0 aliphatic carbocycles. The van der Waals surface area contributed by atoms with Gasteiger partial charge in [-0.15, -0.1) is 0 Å². The van der Waals surface area contributed by atoms with Crippen LogP contribution >= 0.6 is 0 Å². The van der Waals surface area contributed by atoms with Gasteiger partial charge in [0.15, 0.2) is 0 Å². The lowest BCUT2D eigenvalue weighted by molar-refractivity contribution is 0.115. The van der Waals surface area contributed by atoms with E-state index >= 15 is 0 Å². The fourth-order valence-electron chi connectivity index (χ4n) is 1.33. The van der Waals surface area contributed by atoms with Gasteiger partial charge in [0.25, 0.3) is 0 Å². The Morgan fingerprint density at radius 2 is 1.92 bits per heavy atom. The van der Waals surface area contributed by atoms with Crippen LogP contribution in [0.25, 0.3) is 0 Å². The number of rotatable bonds is 3. The number of aliphatic hydroxyl groups is 1. The van der Waals surface area contributed by atoms with Crippen molar-refractivity contribution in [3.63, 3.8) is 0 Å². The molecule has 1 unspecified atom stereocenters. The number of hydrogen-bond donors (Lipinski definition) is 1. The predicted molar refractivity (Wildman–Crippen MR) is 52.4 cm³/mol. The first-order chi connectivity index (χ1) is 6.04. The summed E-state index contributed by atoms with van der Waals surface area (Å²) in [6.45, 7) is 8.12. The quantitative estimate of drug-likeness (QED) is 0.777. The zero-order valence-corrected chi connectivity index (χ0v) is 8.73. The molecular weight excluding hydrogens is 164 g/mol. The summed E-state index contributed by atoms with van der Waals surface area (Å²) in [5, 5.41) is 14.0. The van der Waals surface area contributed by atoms with E-state index in [-0.39, 0.29) is 5.92 Å². The second-order valence-electron chi connectivity index (χ2n) is 3.98. The lowest BCUT2D eigenvalue weighted by atomic mass is 10.0. The summed E-state index contributed by atoms with van der Waals surface area (Å²) in [6, 6.07) is 2.18. The van der Waals surface area contributed by atoms with E-state index < -0.39 is 6.10 Å². The van der Waals surface area contributed by atoms with Crippen LogP contribution in [0.1, 0.15) is 45.5 Å². The van der Waals surface area contributed by atoms with Crippen molar-refractivity contribution in [1.82, 2.24) is 9.78 Å². The van der Waals surface area contributed by atoms with E-state index in [4.69, 9.17) is 0 Å². The summed E-state index contributed by atoms with van der Waals surface area (Å²) in [6.07, 6.45) is 1.32. The average molecular weight is 182 g/mol. The van der Waals surface area contributed by atoms with Gasteiger partial charge in [-0.2, -0.15) is 5.10 Å². The first kappa shape index (κ1) is 10.3. The lowest BCUT2D eigenvalue weighted by Crippen LogP contribution is -2.14. The van der Waals surface area contributed by atoms with Crippen molar-refractivity contribution in [1.29, 1.82) is 0 Å². The van der Waals surface area contributed by atoms with Crippen molar-refractivity contribution >= 4 is 0 Å². The smallest absolute Gasteiger partial charge is 0.0979 e. The van der Waals surface area contributed by atoms with Gasteiger partial charge in [-0.1, -0.05) is 13.8 Å². The van der Waals surface area contributed by atoms with Gasteiger partial charge in [0.05, 0.1) is 11.8 Å². The van der Waals surface area contributed by atoms with Crippen molar-refractivity contribution < 1.29 is 5.11 Å². The maximum atomic E-state index is 9.86. The van der Waals surface area contributed by atoms with Gasteiger partial charge in [-0.05, 0) is 25.8 Å². The molecule has 0 saturated carbocycles. The van der Waals surface area contributed by atoms with Crippen molar-refractivity contribution in [2.24, 2.45) is 5.92 Å².